The molecular weight excluding hydrogens is 421 g/mol. The molecular formula is C22H21Cl2N5O. The van der Waals surface area contributed by atoms with Crippen LogP contribution in [-0.4, -0.2) is 40.5 Å². The molecule has 2 aliphatic rings. The zero-order chi connectivity index (χ0) is 20.8. The van der Waals surface area contributed by atoms with E-state index in [2.05, 4.69) is 27.0 Å². The first-order valence-electron chi connectivity index (χ1n) is 10.00. The highest BCUT2D eigenvalue weighted by molar-refractivity contribution is 6.42. The van der Waals surface area contributed by atoms with Crippen LogP contribution in [0.2, 0.25) is 10.0 Å². The van der Waals surface area contributed by atoms with Gasteiger partial charge in [-0.3, -0.25) is 5.41 Å². The van der Waals surface area contributed by atoms with Crippen molar-refractivity contribution in [2.75, 3.05) is 29.4 Å². The minimum Gasteiger partial charge on any atom is -0.509 e. The van der Waals surface area contributed by atoms with Gasteiger partial charge in [-0.15, -0.1) is 0 Å². The summed E-state index contributed by atoms with van der Waals surface area (Å²) in [4.78, 5) is 12.0. The Kier molecular flexibility index (Phi) is 4.83. The van der Waals surface area contributed by atoms with Gasteiger partial charge in [-0.2, -0.15) is 0 Å². The van der Waals surface area contributed by atoms with Crippen LogP contribution in [0.5, 0.6) is 0 Å². The maximum absolute atomic E-state index is 10.6. The molecule has 0 spiro atoms. The first kappa shape index (κ1) is 19.3. The lowest BCUT2D eigenvalue weighted by Crippen LogP contribution is -2.29. The smallest absolute Gasteiger partial charge is 0.145 e. The molecule has 0 amide bonds. The van der Waals surface area contributed by atoms with Gasteiger partial charge < -0.3 is 19.9 Å². The summed E-state index contributed by atoms with van der Waals surface area (Å²) >= 11 is 12.1. The molecule has 1 saturated heterocycles. The summed E-state index contributed by atoms with van der Waals surface area (Å²) in [5.41, 5.74) is 3.98. The number of rotatable bonds is 3. The van der Waals surface area contributed by atoms with E-state index in [4.69, 9.17) is 28.6 Å². The van der Waals surface area contributed by atoms with Crippen molar-refractivity contribution in [3.8, 4) is 0 Å². The number of hydrogen-bond donors (Lipinski definition) is 3. The average molecular weight is 442 g/mol. The SMILES string of the molecule is N=C1C(c2nc3ccc(N4CCCCC4)cc3[nH]2)=C(O)CN1c1ccc(Cl)c(Cl)c1. The number of H-pyrrole nitrogens is 1. The molecule has 0 unspecified atom stereocenters. The predicted molar refractivity (Wildman–Crippen MR) is 123 cm³/mol. The molecule has 154 valence electrons. The van der Waals surface area contributed by atoms with Gasteiger partial charge in [0.05, 0.1) is 33.2 Å². The monoisotopic (exact) mass is 441 g/mol. The highest BCUT2D eigenvalue weighted by atomic mass is 35.5. The third kappa shape index (κ3) is 3.30. The summed E-state index contributed by atoms with van der Waals surface area (Å²) in [5, 5.41) is 20.1. The Morgan fingerprint density at radius 1 is 0.967 bits per heavy atom. The Balaban J connectivity index is 1.46. The van der Waals surface area contributed by atoms with E-state index < -0.39 is 0 Å². The molecule has 1 fully saturated rings. The van der Waals surface area contributed by atoms with Gasteiger partial charge in [0.2, 0.25) is 0 Å². The molecule has 0 atom stereocenters. The van der Waals surface area contributed by atoms with Crippen LogP contribution < -0.4 is 9.80 Å². The molecule has 3 aromatic rings. The van der Waals surface area contributed by atoms with E-state index >= 15 is 0 Å². The fourth-order valence-electron chi connectivity index (χ4n) is 4.17. The van der Waals surface area contributed by atoms with Gasteiger partial charge in [-0.25, -0.2) is 4.98 Å². The highest BCUT2D eigenvalue weighted by Gasteiger charge is 2.31. The van der Waals surface area contributed by atoms with Gasteiger partial charge in [0.25, 0.3) is 0 Å². The third-order valence-corrected chi connectivity index (χ3v) is 6.48. The molecule has 1 aromatic heterocycles. The summed E-state index contributed by atoms with van der Waals surface area (Å²) in [7, 11) is 0. The molecule has 3 heterocycles. The van der Waals surface area contributed by atoms with Crippen molar-refractivity contribution < 1.29 is 5.11 Å². The van der Waals surface area contributed by atoms with E-state index in [0.29, 0.717) is 27.1 Å². The number of anilines is 2. The van der Waals surface area contributed by atoms with Crippen molar-refractivity contribution in [3.05, 3.63) is 58.0 Å². The van der Waals surface area contributed by atoms with Crippen molar-refractivity contribution in [1.82, 2.24) is 9.97 Å². The largest absolute Gasteiger partial charge is 0.509 e. The van der Waals surface area contributed by atoms with Gasteiger partial charge in [-0.05, 0) is 55.7 Å². The van der Waals surface area contributed by atoms with Crippen LogP contribution in [0.4, 0.5) is 11.4 Å². The molecule has 30 heavy (non-hydrogen) atoms. The number of aromatic amines is 1. The van der Waals surface area contributed by atoms with Gasteiger partial charge in [-0.1, -0.05) is 23.2 Å². The van der Waals surface area contributed by atoms with Gasteiger partial charge in [0.1, 0.15) is 17.4 Å². The van der Waals surface area contributed by atoms with Crippen LogP contribution in [0, 0.1) is 5.41 Å². The van der Waals surface area contributed by atoms with Crippen LogP contribution in [0.15, 0.2) is 42.2 Å². The van der Waals surface area contributed by atoms with E-state index in [1.807, 2.05) is 6.07 Å². The molecule has 8 heteroatoms. The van der Waals surface area contributed by atoms with Gasteiger partial charge >= 0.3 is 0 Å². The lowest BCUT2D eigenvalue weighted by molar-refractivity contribution is 0.411. The van der Waals surface area contributed by atoms with Crippen LogP contribution in [0.3, 0.4) is 0 Å². The Bertz CT molecular complexity index is 1180. The number of halogens is 2. The number of hydrogen-bond acceptors (Lipinski definition) is 4. The predicted octanol–water partition coefficient (Wildman–Crippen LogP) is 5.63. The van der Waals surface area contributed by atoms with E-state index in [1.165, 1.54) is 24.9 Å². The van der Waals surface area contributed by atoms with Crippen molar-refractivity contribution >= 4 is 57.0 Å². The third-order valence-electron chi connectivity index (χ3n) is 5.74. The minimum absolute atomic E-state index is 0.0985. The minimum atomic E-state index is 0.0985. The standard InChI is InChI=1S/C22H21Cl2N5O/c23-15-6-4-14(10-16(15)24)29-12-19(30)20(21(29)25)22-26-17-7-5-13(11-18(17)27-22)28-8-2-1-3-9-28/h4-7,10-11,25,30H,1-3,8-9,12H2,(H,26,27). The summed E-state index contributed by atoms with van der Waals surface area (Å²) in [6.45, 7) is 2.33. The molecule has 0 aliphatic carbocycles. The second-order valence-electron chi connectivity index (χ2n) is 7.69. The first-order valence-corrected chi connectivity index (χ1v) is 10.8. The van der Waals surface area contributed by atoms with Crippen molar-refractivity contribution in [1.29, 1.82) is 5.41 Å². The van der Waals surface area contributed by atoms with E-state index in [-0.39, 0.29) is 18.1 Å². The molecule has 6 nitrogen and oxygen atoms in total. The van der Waals surface area contributed by atoms with Crippen molar-refractivity contribution in [2.45, 2.75) is 19.3 Å². The number of imidazole rings is 1. The number of piperidine rings is 1. The summed E-state index contributed by atoms with van der Waals surface area (Å²) in [6.07, 6.45) is 3.72. The van der Waals surface area contributed by atoms with Crippen LogP contribution in [0.1, 0.15) is 25.1 Å². The molecule has 3 N–H and O–H groups in total. The second-order valence-corrected chi connectivity index (χ2v) is 8.50. The zero-order valence-electron chi connectivity index (χ0n) is 16.3. The zero-order valence-corrected chi connectivity index (χ0v) is 17.8. The summed E-state index contributed by atoms with van der Waals surface area (Å²) < 4.78 is 0. The molecule has 2 aromatic carbocycles. The molecule has 5 rings (SSSR count). The summed E-state index contributed by atoms with van der Waals surface area (Å²) in [5.74, 6) is 0.758. The van der Waals surface area contributed by atoms with E-state index in [9.17, 15) is 5.11 Å². The number of amidine groups is 1. The Morgan fingerprint density at radius 3 is 2.50 bits per heavy atom. The Morgan fingerprint density at radius 2 is 1.73 bits per heavy atom. The highest BCUT2D eigenvalue weighted by Crippen LogP contribution is 2.34. The van der Waals surface area contributed by atoms with Crippen molar-refractivity contribution in [3.63, 3.8) is 0 Å². The van der Waals surface area contributed by atoms with E-state index in [1.54, 1.807) is 23.1 Å². The normalized spacial score (nSPS) is 17.5. The maximum Gasteiger partial charge on any atom is 0.145 e. The van der Waals surface area contributed by atoms with E-state index in [0.717, 1.165) is 24.1 Å². The van der Waals surface area contributed by atoms with Crippen LogP contribution in [-0.2, 0) is 0 Å². The van der Waals surface area contributed by atoms with Gasteiger partial charge in [0, 0.05) is 24.5 Å². The molecule has 0 bridgehead atoms. The number of nitrogens with zero attached hydrogens (tertiary/aromatic N) is 3. The average Bonchev–Trinajstić information content (AvgIpc) is 3.29. The number of nitrogens with one attached hydrogen (secondary N) is 2. The Hall–Kier alpha value is -2.70. The maximum atomic E-state index is 10.6. The quantitative estimate of drug-likeness (QED) is 0.492. The first-order chi connectivity index (χ1) is 14.5. The topological polar surface area (TPSA) is 79.2 Å². The number of fused-ring (bicyclic) bond motifs is 1. The second kappa shape index (κ2) is 7.52. The number of aromatic nitrogens is 2. The number of aliphatic hydroxyl groups excluding tert-OH is 1. The lowest BCUT2D eigenvalue weighted by Gasteiger charge is -2.28. The fraction of sp³-hybridized carbons (Fsp3) is 0.273. The fourth-order valence-corrected chi connectivity index (χ4v) is 4.46. The number of benzene rings is 2. The van der Waals surface area contributed by atoms with Crippen LogP contribution in [0.25, 0.3) is 16.6 Å². The van der Waals surface area contributed by atoms with Crippen molar-refractivity contribution in [2.24, 2.45) is 0 Å². The molecule has 0 radical (unpaired) electrons. The van der Waals surface area contributed by atoms with Crippen LogP contribution >= 0.6 is 23.2 Å². The lowest BCUT2D eigenvalue weighted by atomic mass is 10.1. The Labute approximate surface area is 184 Å². The summed E-state index contributed by atoms with van der Waals surface area (Å²) in [6, 6.07) is 11.3. The number of aliphatic hydroxyl groups is 1. The molecule has 2 aliphatic heterocycles. The molecule has 0 saturated carbocycles. The van der Waals surface area contributed by atoms with Gasteiger partial charge in [0.15, 0.2) is 0 Å².